The van der Waals surface area contributed by atoms with E-state index in [0.717, 1.165) is 11.4 Å². The van der Waals surface area contributed by atoms with Crippen LogP contribution in [0.1, 0.15) is 32.2 Å². The molecule has 1 heterocycles. The Morgan fingerprint density at radius 1 is 1.41 bits per heavy atom. The van der Waals surface area contributed by atoms with Crippen molar-refractivity contribution in [3.05, 3.63) is 29.6 Å². The van der Waals surface area contributed by atoms with Crippen molar-refractivity contribution >= 4 is 23.5 Å². The zero-order chi connectivity index (χ0) is 12.9. The maximum Gasteiger partial charge on any atom is 0.187 e. The molecule has 0 unspecified atom stereocenters. The standard InChI is InChI=1S/C12H18N4S/c1-9-6-5-7-10(14-9)8-13-16-11(17)15-12(2,3)4/h5-8H,1-4H3,(H2,15,16,17)/b13-8+. The van der Waals surface area contributed by atoms with E-state index >= 15 is 0 Å². The van der Waals surface area contributed by atoms with Crippen LogP contribution in [-0.2, 0) is 0 Å². The first kappa shape index (κ1) is 13.6. The van der Waals surface area contributed by atoms with Crippen molar-refractivity contribution in [2.24, 2.45) is 5.10 Å². The molecule has 0 aliphatic heterocycles. The summed E-state index contributed by atoms with van der Waals surface area (Å²) in [5, 5.41) is 7.63. The summed E-state index contributed by atoms with van der Waals surface area (Å²) in [5.41, 5.74) is 4.45. The van der Waals surface area contributed by atoms with Crippen LogP contribution in [0.5, 0.6) is 0 Å². The fraction of sp³-hybridized carbons (Fsp3) is 0.417. The van der Waals surface area contributed by atoms with Gasteiger partial charge < -0.3 is 5.32 Å². The molecule has 5 heteroatoms. The lowest BCUT2D eigenvalue weighted by molar-refractivity contribution is 0.508. The lowest BCUT2D eigenvalue weighted by atomic mass is 10.1. The summed E-state index contributed by atoms with van der Waals surface area (Å²) in [6.07, 6.45) is 1.64. The number of hydrogen-bond donors (Lipinski definition) is 2. The molecule has 1 aromatic rings. The molecule has 0 fully saturated rings. The largest absolute Gasteiger partial charge is 0.357 e. The van der Waals surface area contributed by atoms with E-state index in [9.17, 15) is 0 Å². The molecule has 0 aliphatic rings. The van der Waals surface area contributed by atoms with Gasteiger partial charge in [0.25, 0.3) is 0 Å². The number of thiocarbonyl (C=S) groups is 1. The maximum absolute atomic E-state index is 5.09. The van der Waals surface area contributed by atoms with E-state index in [4.69, 9.17) is 12.2 Å². The number of rotatable bonds is 2. The Morgan fingerprint density at radius 3 is 2.71 bits per heavy atom. The minimum Gasteiger partial charge on any atom is -0.357 e. The van der Waals surface area contributed by atoms with Gasteiger partial charge in [0, 0.05) is 11.2 Å². The maximum atomic E-state index is 5.09. The Hall–Kier alpha value is -1.49. The van der Waals surface area contributed by atoms with Crippen LogP contribution < -0.4 is 10.7 Å². The summed E-state index contributed by atoms with van der Waals surface area (Å²) in [6, 6.07) is 5.77. The fourth-order valence-electron chi connectivity index (χ4n) is 1.16. The van der Waals surface area contributed by atoms with Crippen molar-refractivity contribution in [2.45, 2.75) is 33.2 Å². The van der Waals surface area contributed by atoms with E-state index in [0.29, 0.717) is 5.11 Å². The van der Waals surface area contributed by atoms with Gasteiger partial charge in [-0.1, -0.05) is 6.07 Å². The van der Waals surface area contributed by atoms with Gasteiger partial charge in [0.2, 0.25) is 0 Å². The third-order valence-electron chi connectivity index (χ3n) is 1.76. The van der Waals surface area contributed by atoms with Crippen molar-refractivity contribution in [1.29, 1.82) is 0 Å². The molecule has 0 radical (unpaired) electrons. The zero-order valence-electron chi connectivity index (χ0n) is 10.6. The monoisotopic (exact) mass is 250 g/mol. The third kappa shape index (κ3) is 5.97. The Morgan fingerprint density at radius 2 is 2.12 bits per heavy atom. The van der Waals surface area contributed by atoms with E-state index in [1.807, 2.05) is 45.9 Å². The quantitative estimate of drug-likeness (QED) is 0.479. The second-order valence-electron chi connectivity index (χ2n) is 4.78. The molecule has 0 spiro atoms. The SMILES string of the molecule is Cc1cccc(/C=N/NC(=S)NC(C)(C)C)n1. The van der Waals surface area contributed by atoms with Gasteiger partial charge in [-0.15, -0.1) is 0 Å². The molecule has 2 N–H and O–H groups in total. The van der Waals surface area contributed by atoms with E-state index in [1.54, 1.807) is 6.21 Å². The Labute approximate surface area is 108 Å². The summed E-state index contributed by atoms with van der Waals surface area (Å²) < 4.78 is 0. The molecule has 0 bridgehead atoms. The molecule has 17 heavy (non-hydrogen) atoms. The topological polar surface area (TPSA) is 49.3 Å². The van der Waals surface area contributed by atoms with Crippen LogP contribution in [0.2, 0.25) is 0 Å². The minimum absolute atomic E-state index is 0.0683. The van der Waals surface area contributed by atoms with Gasteiger partial charge in [-0.2, -0.15) is 5.10 Å². The molecule has 1 aromatic heterocycles. The predicted molar refractivity (Wildman–Crippen MR) is 75.2 cm³/mol. The average Bonchev–Trinajstić information content (AvgIpc) is 2.14. The van der Waals surface area contributed by atoms with Crippen molar-refractivity contribution in [3.63, 3.8) is 0 Å². The highest BCUT2D eigenvalue weighted by atomic mass is 32.1. The fourth-order valence-corrected chi connectivity index (χ4v) is 1.52. The second-order valence-corrected chi connectivity index (χ2v) is 5.19. The number of pyridine rings is 1. The van der Waals surface area contributed by atoms with Crippen molar-refractivity contribution in [3.8, 4) is 0 Å². The van der Waals surface area contributed by atoms with Gasteiger partial charge >= 0.3 is 0 Å². The van der Waals surface area contributed by atoms with Crippen LogP contribution in [-0.4, -0.2) is 21.8 Å². The number of nitrogens with one attached hydrogen (secondary N) is 2. The molecule has 0 saturated heterocycles. The van der Waals surface area contributed by atoms with Gasteiger partial charge in [0.15, 0.2) is 5.11 Å². The third-order valence-corrected chi connectivity index (χ3v) is 1.95. The van der Waals surface area contributed by atoms with Crippen LogP contribution in [0.25, 0.3) is 0 Å². The Kier molecular flexibility index (Phi) is 4.57. The highest BCUT2D eigenvalue weighted by Gasteiger charge is 2.09. The number of nitrogens with zero attached hydrogens (tertiary/aromatic N) is 2. The zero-order valence-corrected chi connectivity index (χ0v) is 11.4. The van der Waals surface area contributed by atoms with Gasteiger partial charge in [0.05, 0.1) is 11.9 Å². The lowest BCUT2D eigenvalue weighted by Gasteiger charge is -2.21. The summed E-state index contributed by atoms with van der Waals surface area (Å²) in [6.45, 7) is 8.04. The minimum atomic E-state index is -0.0683. The summed E-state index contributed by atoms with van der Waals surface area (Å²) in [5.74, 6) is 0. The number of hydrazone groups is 1. The van der Waals surface area contributed by atoms with Gasteiger partial charge in [-0.05, 0) is 52.0 Å². The van der Waals surface area contributed by atoms with E-state index in [1.165, 1.54) is 0 Å². The van der Waals surface area contributed by atoms with Crippen LogP contribution >= 0.6 is 12.2 Å². The molecule has 92 valence electrons. The Bertz CT molecular complexity index is 421. The van der Waals surface area contributed by atoms with Gasteiger partial charge in [-0.3, -0.25) is 10.4 Å². The number of hydrogen-bond acceptors (Lipinski definition) is 3. The smallest absolute Gasteiger partial charge is 0.187 e. The molecule has 0 amide bonds. The molecular weight excluding hydrogens is 232 g/mol. The number of aromatic nitrogens is 1. The normalized spacial score (nSPS) is 11.5. The summed E-state index contributed by atoms with van der Waals surface area (Å²) in [7, 11) is 0. The highest BCUT2D eigenvalue weighted by Crippen LogP contribution is 1.97. The first-order valence-corrected chi connectivity index (χ1v) is 5.82. The molecule has 0 aromatic carbocycles. The molecule has 1 rings (SSSR count). The second kappa shape index (κ2) is 5.72. The molecule has 0 saturated carbocycles. The molecular formula is C12H18N4S. The predicted octanol–water partition coefficient (Wildman–Crippen LogP) is 1.99. The first-order chi connectivity index (χ1) is 7.87. The van der Waals surface area contributed by atoms with E-state index in [2.05, 4.69) is 20.8 Å². The van der Waals surface area contributed by atoms with Gasteiger partial charge in [0.1, 0.15) is 0 Å². The average molecular weight is 250 g/mol. The van der Waals surface area contributed by atoms with E-state index in [-0.39, 0.29) is 5.54 Å². The first-order valence-electron chi connectivity index (χ1n) is 5.42. The summed E-state index contributed by atoms with van der Waals surface area (Å²) in [4.78, 5) is 4.29. The van der Waals surface area contributed by atoms with Gasteiger partial charge in [-0.25, -0.2) is 0 Å². The number of aryl methyl sites for hydroxylation is 1. The van der Waals surface area contributed by atoms with Crippen LogP contribution in [0, 0.1) is 6.92 Å². The van der Waals surface area contributed by atoms with Crippen molar-refractivity contribution < 1.29 is 0 Å². The molecule has 0 atom stereocenters. The van der Waals surface area contributed by atoms with E-state index < -0.39 is 0 Å². The van der Waals surface area contributed by atoms with Crippen molar-refractivity contribution in [1.82, 2.24) is 15.7 Å². The Balaban J connectivity index is 2.48. The highest BCUT2D eigenvalue weighted by molar-refractivity contribution is 7.80. The molecule has 0 aliphatic carbocycles. The van der Waals surface area contributed by atoms with Crippen LogP contribution in [0.4, 0.5) is 0 Å². The summed E-state index contributed by atoms with van der Waals surface area (Å²) >= 11 is 5.09. The lowest BCUT2D eigenvalue weighted by Crippen LogP contribution is -2.44. The van der Waals surface area contributed by atoms with Crippen molar-refractivity contribution in [2.75, 3.05) is 0 Å². The van der Waals surface area contributed by atoms with Crippen LogP contribution in [0.3, 0.4) is 0 Å². The molecule has 4 nitrogen and oxygen atoms in total. The van der Waals surface area contributed by atoms with Crippen LogP contribution in [0.15, 0.2) is 23.3 Å².